The fraction of sp³-hybridized carbons (Fsp3) is 0.214. The lowest BCUT2D eigenvalue weighted by Crippen LogP contribution is -2.25. The first-order valence-corrected chi connectivity index (χ1v) is 13.0. The Kier molecular flexibility index (Phi) is 6.32. The average Bonchev–Trinajstić information content (AvgIpc) is 3.63. The molecule has 0 aromatic heterocycles. The van der Waals surface area contributed by atoms with Crippen molar-refractivity contribution in [1.82, 2.24) is 5.01 Å². The number of fused-ring (bicyclic) bond motifs is 1. The van der Waals surface area contributed by atoms with Crippen LogP contribution in [0.5, 0.6) is 11.5 Å². The Hall–Kier alpha value is -4.18. The van der Waals surface area contributed by atoms with Crippen LogP contribution in [-0.2, 0) is 9.59 Å². The molecule has 3 aromatic carbocycles. The molecule has 1 N–H and O–H groups in total. The zero-order valence-corrected chi connectivity index (χ0v) is 21.2. The number of nitrogens with one attached hydrogen (secondary N) is 1. The van der Waals surface area contributed by atoms with Crippen LogP contribution in [-0.4, -0.2) is 39.7 Å². The maximum atomic E-state index is 13.6. The second kappa shape index (κ2) is 9.94. The van der Waals surface area contributed by atoms with E-state index in [-0.39, 0.29) is 36.9 Å². The first-order valence-electron chi connectivity index (χ1n) is 12.1. The summed E-state index contributed by atoms with van der Waals surface area (Å²) in [5, 5.41) is 9.11. The van der Waals surface area contributed by atoms with Gasteiger partial charge in [-0.25, -0.2) is 9.40 Å². The van der Waals surface area contributed by atoms with Gasteiger partial charge in [0.25, 0.3) is 5.91 Å². The topological polar surface area (TPSA) is 92.6 Å². The summed E-state index contributed by atoms with van der Waals surface area (Å²) in [5.41, 5.74) is 4.37. The van der Waals surface area contributed by atoms with Gasteiger partial charge in [-0.15, -0.1) is 0 Å². The maximum absolute atomic E-state index is 13.6. The lowest BCUT2D eigenvalue weighted by atomic mass is 9.98. The first kappa shape index (κ1) is 24.2. The van der Waals surface area contributed by atoms with Crippen molar-refractivity contribution in [3.8, 4) is 11.5 Å². The van der Waals surface area contributed by atoms with E-state index in [0.717, 1.165) is 22.4 Å². The standard InChI is InChI=1S/C28H23FN4O4S/c1-16-2-4-17(5-3-16)21-13-22(18-6-8-19(29)9-7-18)33(32-21)28-31-27(35)25(38-28)14-26(34)30-20-10-11-23-24(12-20)37-15-36-23/h2-12,22,25H,13-15H2,1H3,(H,30,34)/t22-,25-/m0/s1. The Labute approximate surface area is 222 Å². The monoisotopic (exact) mass is 530 g/mol. The summed E-state index contributed by atoms with van der Waals surface area (Å²) in [7, 11) is 0. The zero-order chi connectivity index (χ0) is 26.2. The summed E-state index contributed by atoms with van der Waals surface area (Å²) < 4.78 is 24.3. The van der Waals surface area contributed by atoms with Crippen LogP contribution in [0.15, 0.2) is 76.8 Å². The molecule has 2 atom stereocenters. The number of aliphatic imine (C=N–C) groups is 1. The van der Waals surface area contributed by atoms with Gasteiger partial charge in [0.05, 0.1) is 11.8 Å². The minimum absolute atomic E-state index is 0.0471. The van der Waals surface area contributed by atoms with Gasteiger partial charge in [0, 0.05) is 24.6 Å². The number of benzene rings is 3. The molecule has 3 aromatic rings. The van der Waals surface area contributed by atoms with Crippen molar-refractivity contribution in [2.45, 2.75) is 31.1 Å². The highest BCUT2D eigenvalue weighted by atomic mass is 32.2. The van der Waals surface area contributed by atoms with E-state index in [1.54, 1.807) is 35.3 Å². The molecule has 0 spiro atoms. The molecular formula is C28H23FN4O4S. The van der Waals surface area contributed by atoms with Crippen molar-refractivity contribution in [2.24, 2.45) is 10.1 Å². The third-order valence-corrected chi connectivity index (χ3v) is 7.64. The first-order chi connectivity index (χ1) is 18.4. The van der Waals surface area contributed by atoms with Gasteiger partial charge in [-0.1, -0.05) is 53.7 Å². The van der Waals surface area contributed by atoms with Gasteiger partial charge < -0.3 is 14.8 Å². The van der Waals surface area contributed by atoms with Gasteiger partial charge in [-0.2, -0.15) is 10.1 Å². The highest BCUT2D eigenvalue weighted by Gasteiger charge is 2.39. The molecule has 0 fully saturated rings. The summed E-state index contributed by atoms with van der Waals surface area (Å²) in [5.74, 6) is 0.153. The number of carbonyl (C=O) groups is 2. The van der Waals surface area contributed by atoms with Crippen molar-refractivity contribution in [3.05, 3.63) is 89.2 Å². The van der Waals surface area contributed by atoms with E-state index in [2.05, 4.69) is 10.3 Å². The summed E-state index contributed by atoms with van der Waals surface area (Å²) in [6.07, 6.45) is 0.520. The molecular weight excluding hydrogens is 507 g/mol. The Morgan fingerprint density at radius 3 is 2.63 bits per heavy atom. The van der Waals surface area contributed by atoms with Gasteiger partial charge in [-0.3, -0.25) is 9.59 Å². The molecule has 0 saturated carbocycles. The molecule has 8 nitrogen and oxygen atoms in total. The molecule has 3 aliphatic rings. The summed E-state index contributed by atoms with van der Waals surface area (Å²) in [4.78, 5) is 29.8. The SMILES string of the molecule is Cc1ccc(C2=NN(C3=NC(=O)[C@H](CC(=O)Nc4ccc5c(c4)OCO5)S3)[C@H](c3ccc(F)cc3)C2)cc1. The van der Waals surface area contributed by atoms with E-state index in [0.29, 0.717) is 28.8 Å². The number of aryl methyl sites for hydroxylation is 1. The van der Waals surface area contributed by atoms with Gasteiger partial charge in [0.2, 0.25) is 12.7 Å². The highest BCUT2D eigenvalue weighted by molar-refractivity contribution is 8.15. The number of rotatable bonds is 5. The fourth-order valence-corrected chi connectivity index (χ4v) is 5.57. The van der Waals surface area contributed by atoms with E-state index in [4.69, 9.17) is 14.6 Å². The molecule has 10 heteroatoms. The molecule has 6 rings (SSSR count). The van der Waals surface area contributed by atoms with Crippen molar-refractivity contribution >= 4 is 40.1 Å². The smallest absolute Gasteiger partial charge is 0.262 e. The van der Waals surface area contributed by atoms with E-state index in [9.17, 15) is 14.0 Å². The number of anilines is 1. The molecule has 0 aliphatic carbocycles. The molecule has 0 unspecified atom stereocenters. The van der Waals surface area contributed by atoms with E-state index in [1.165, 1.54) is 23.9 Å². The van der Waals surface area contributed by atoms with Gasteiger partial charge in [0.15, 0.2) is 16.7 Å². The Bertz CT molecular complexity index is 1470. The van der Waals surface area contributed by atoms with Crippen LogP contribution in [0.4, 0.5) is 10.1 Å². The third-order valence-electron chi connectivity index (χ3n) is 6.50. The van der Waals surface area contributed by atoms with Crippen LogP contribution in [0, 0.1) is 12.7 Å². The number of amides is 2. The maximum Gasteiger partial charge on any atom is 0.262 e. The van der Waals surface area contributed by atoms with Crippen LogP contribution >= 0.6 is 11.8 Å². The lowest BCUT2D eigenvalue weighted by molar-refractivity contribution is -0.121. The van der Waals surface area contributed by atoms with E-state index < -0.39 is 5.25 Å². The number of nitrogens with zero attached hydrogens (tertiary/aromatic N) is 3. The summed E-state index contributed by atoms with van der Waals surface area (Å²) in [6.45, 7) is 2.16. The molecule has 0 bridgehead atoms. The van der Waals surface area contributed by atoms with Crippen LogP contribution < -0.4 is 14.8 Å². The van der Waals surface area contributed by atoms with E-state index in [1.807, 2.05) is 31.2 Å². The number of thioether (sulfide) groups is 1. The quantitative estimate of drug-likeness (QED) is 0.497. The Balaban J connectivity index is 1.19. The molecule has 192 valence electrons. The zero-order valence-electron chi connectivity index (χ0n) is 20.4. The minimum atomic E-state index is -0.675. The predicted molar refractivity (Wildman–Crippen MR) is 143 cm³/mol. The van der Waals surface area contributed by atoms with E-state index >= 15 is 0 Å². The number of ether oxygens (including phenoxy) is 2. The number of halogens is 1. The molecule has 0 radical (unpaired) electrons. The molecule has 0 saturated heterocycles. The Morgan fingerprint density at radius 2 is 1.84 bits per heavy atom. The summed E-state index contributed by atoms with van der Waals surface area (Å²) >= 11 is 1.22. The Morgan fingerprint density at radius 1 is 1.08 bits per heavy atom. The molecule has 3 aliphatic heterocycles. The average molecular weight is 531 g/mol. The van der Waals surface area contributed by atoms with Crippen molar-refractivity contribution in [2.75, 3.05) is 12.1 Å². The number of hydrogen-bond acceptors (Lipinski definition) is 7. The predicted octanol–water partition coefficient (Wildman–Crippen LogP) is 5.04. The molecule has 2 amide bonds. The second-order valence-corrected chi connectivity index (χ2v) is 10.4. The van der Waals surface area contributed by atoms with Crippen LogP contribution in [0.25, 0.3) is 0 Å². The third kappa shape index (κ3) is 4.87. The minimum Gasteiger partial charge on any atom is -0.454 e. The number of hydrogen-bond donors (Lipinski definition) is 1. The fourth-order valence-electron chi connectivity index (χ4n) is 4.51. The van der Waals surface area contributed by atoms with Gasteiger partial charge in [0.1, 0.15) is 11.1 Å². The number of amidine groups is 1. The lowest BCUT2D eigenvalue weighted by Gasteiger charge is -2.23. The van der Waals surface area contributed by atoms with Gasteiger partial charge in [-0.05, 0) is 42.3 Å². The van der Waals surface area contributed by atoms with Gasteiger partial charge >= 0.3 is 0 Å². The van der Waals surface area contributed by atoms with Crippen molar-refractivity contribution in [1.29, 1.82) is 0 Å². The summed E-state index contributed by atoms with van der Waals surface area (Å²) in [6, 6.07) is 19.2. The molecule has 3 heterocycles. The van der Waals surface area contributed by atoms with Crippen LogP contribution in [0.1, 0.15) is 35.6 Å². The number of hydrazone groups is 1. The second-order valence-electron chi connectivity index (χ2n) is 9.19. The largest absolute Gasteiger partial charge is 0.454 e. The van der Waals surface area contributed by atoms with Crippen LogP contribution in [0.2, 0.25) is 0 Å². The van der Waals surface area contributed by atoms with Crippen molar-refractivity contribution < 1.29 is 23.5 Å². The van der Waals surface area contributed by atoms with Crippen LogP contribution in [0.3, 0.4) is 0 Å². The normalized spacial score (nSPS) is 19.9. The van der Waals surface area contributed by atoms with Crippen molar-refractivity contribution in [3.63, 3.8) is 0 Å². The number of carbonyl (C=O) groups excluding carboxylic acids is 2. The molecule has 38 heavy (non-hydrogen) atoms. The highest BCUT2D eigenvalue weighted by Crippen LogP contribution is 2.39.